The van der Waals surface area contributed by atoms with Crippen LogP contribution in [0.4, 0.5) is 0 Å². The summed E-state index contributed by atoms with van der Waals surface area (Å²) in [4.78, 5) is 21.9. The number of primary amides is 1. The van der Waals surface area contributed by atoms with E-state index in [0.29, 0.717) is 11.1 Å². The second kappa shape index (κ2) is 5.51. The molecule has 0 saturated carbocycles. The van der Waals surface area contributed by atoms with Crippen molar-refractivity contribution in [2.45, 2.75) is 6.42 Å². The average molecular weight is 217 g/mol. The van der Waals surface area contributed by atoms with E-state index in [9.17, 15) is 9.59 Å². The summed E-state index contributed by atoms with van der Waals surface area (Å²) in [5, 5.41) is 11.1. The lowest BCUT2D eigenvalue weighted by molar-refractivity contribution is -0.117. The van der Waals surface area contributed by atoms with Gasteiger partial charge in [-0.2, -0.15) is 5.26 Å². The molecule has 0 aliphatic heterocycles. The van der Waals surface area contributed by atoms with Gasteiger partial charge in [0.2, 0.25) is 5.91 Å². The van der Waals surface area contributed by atoms with Crippen LogP contribution in [0.15, 0.2) is 24.3 Å². The van der Waals surface area contributed by atoms with Crippen molar-refractivity contribution in [1.29, 1.82) is 5.26 Å². The molecule has 0 heterocycles. The number of carbonyl (C=O) groups is 2. The number of hydrogen-bond donors (Lipinski definition) is 2. The maximum Gasteiger partial charge on any atom is 0.251 e. The van der Waals surface area contributed by atoms with Crippen LogP contribution in [0.3, 0.4) is 0 Å². The van der Waals surface area contributed by atoms with Crippen LogP contribution in [0.1, 0.15) is 22.3 Å². The van der Waals surface area contributed by atoms with E-state index in [0.717, 1.165) is 0 Å². The molecule has 1 aromatic carbocycles. The maximum absolute atomic E-state index is 11.5. The zero-order valence-corrected chi connectivity index (χ0v) is 8.56. The molecule has 5 heteroatoms. The molecule has 0 saturated heterocycles. The Morgan fingerprint density at radius 2 is 1.94 bits per heavy atom. The first-order chi connectivity index (χ1) is 7.63. The lowest BCUT2D eigenvalue weighted by atomic mass is 10.1. The van der Waals surface area contributed by atoms with E-state index in [2.05, 4.69) is 5.32 Å². The summed E-state index contributed by atoms with van der Waals surface area (Å²) in [7, 11) is 0. The Morgan fingerprint density at radius 1 is 1.31 bits per heavy atom. The highest BCUT2D eigenvalue weighted by Crippen LogP contribution is 2.02. The number of amides is 2. The van der Waals surface area contributed by atoms with Crippen molar-refractivity contribution in [3.8, 4) is 6.07 Å². The predicted molar refractivity (Wildman–Crippen MR) is 57.3 cm³/mol. The molecule has 3 N–H and O–H groups in total. The summed E-state index contributed by atoms with van der Waals surface area (Å²) in [5.74, 6) is -0.745. The number of rotatable bonds is 4. The number of hydrogen-bond acceptors (Lipinski definition) is 3. The summed E-state index contributed by atoms with van der Waals surface area (Å²) < 4.78 is 0. The fourth-order valence-corrected chi connectivity index (χ4v) is 1.10. The highest BCUT2D eigenvalue weighted by molar-refractivity contribution is 5.94. The Balaban J connectivity index is 2.53. The van der Waals surface area contributed by atoms with Crippen molar-refractivity contribution in [3.05, 3.63) is 35.4 Å². The van der Waals surface area contributed by atoms with E-state index in [-0.39, 0.29) is 18.9 Å². The van der Waals surface area contributed by atoms with Gasteiger partial charge in [-0.05, 0) is 24.3 Å². The molecule has 82 valence electrons. The van der Waals surface area contributed by atoms with Crippen LogP contribution in [0.5, 0.6) is 0 Å². The van der Waals surface area contributed by atoms with Gasteiger partial charge in [0.15, 0.2) is 0 Å². The highest BCUT2D eigenvalue weighted by atomic mass is 16.2. The zero-order chi connectivity index (χ0) is 12.0. The molecular weight excluding hydrogens is 206 g/mol. The fraction of sp³-hybridized carbons (Fsp3) is 0.182. The molecule has 0 bridgehead atoms. The van der Waals surface area contributed by atoms with Gasteiger partial charge < -0.3 is 11.1 Å². The maximum atomic E-state index is 11.5. The second-order valence-electron chi connectivity index (χ2n) is 3.16. The molecule has 0 aliphatic carbocycles. The number of nitrogens with zero attached hydrogens (tertiary/aromatic N) is 1. The Bertz CT molecular complexity index is 432. The van der Waals surface area contributed by atoms with Crippen LogP contribution in [-0.2, 0) is 4.79 Å². The molecule has 2 amide bonds. The molecule has 0 radical (unpaired) electrons. The van der Waals surface area contributed by atoms with Crippen LogP contribution in [0.25, 0.3) is 0 Å². The minimum Gasteiger partial charge on any atom is -0.370 e. The van der Waals surface area contributed by atoms with Gasteiger partial charge in [-0.25, -0.2) is 0 Å². The summed E-state index contributed by atoms with van der Waals surface area (Å²) in [6.07, 6.45) is 0.113. The van der Waals surface area contributed by atoms with Gasteiger partial charge in [0.25, 0.3) is 5.91 Å². The minimum atomic E-state index is -0.458. The van der Waals surface area contributed by atoms with Crippen molar-refractivity contribution in [1.82, 2.24) is 5.32 Å². The summed E-state index contributed by atoms with van der Waals surface area (Å²) in [6, 6.07) is 8.18. The Hall–Kier alpha value is -2.35. The van der Waals surface area contributed by atoms with E-state index < -0.39 is 5.91 Å². The second-order valence-corrected chi connectivity index (χ2v) is 3.16. The summed E-state index contributed by atoms with van der Waals surface area (Å²) >= 11 is 0. The molecule has 16 heavy (non-hydrogen) atoms. The van der Waals surface area contributed by atoms with Gasteiger partial charge in [0.1, 0.15) is 0 Å². The van der Waals surface area contributed by atoms with E-state index in [4.69, 9.17) is 11.0 Å². The molecule has 0 aromatic heterocycles. The average Bonchev–Trinajstić information content (AvgIpc) is 2.28. The lowest BCUT2D eigenvalue weighted by Crippen LogP contribution is -2.27. The van der Waals surface area contributed by atoms with Gasteiger partial charge in [-0.3, -0.25) is 9.59 Å². The third-order valence-electron chi connectivity index (χ3n) is 1.93. The summed E-state index contributed by atoms with van der Waals surface area (Å²) in [5.41, 5.74) is 5.87. The van der Waals surface area contributed by atoms with Gasteiger partial charge in [-0.1, -0.05) is 0 Å². The fourth-order valence-electron chi connectivity index (χ4n) is 1.10. The van der Waals surface area contributed by atoms with Crippen LogP contribution in [0.2, 0.25) is 0 Å². The van der Waals surface area contributed by atoms with Crippen LogP contribution >= 0.6 is 0 Å². The number of nitriles is 1. The van der Waals surface area contributed by atoms with Crippen molar-refractivity contribution >= 4 is 11.8 Å². The first-order valence-corrected chi connectivity index (χ1v) is 4.70. The Morgan fingerprint density at radius 3 is 2.44 bits per heavy atom. The van der Waals surface area contributed by atoms with Crippen LogP contribution in [0, 0.1) is 11.3 Å². The number of carbonyl (C=O) groups excluding carboxylic acids is 2. The molecule has 0 unspecified atom stereocenters. The third-order valence-corrected chi connectivity index (χ3v) is 1.93. The lowest BCUT2D eigenvalue weighted by Gasteiger charge is -2.03. The molecule has 0 aliphatic rings. The van der Waals surface area contributed by atoms with E-state index >= 15 is 0 Å². The number of nitrogens with two attached hydrogens (primary N) is 1. The molecular formula is C11H11N3O2. The highest BCUT2D eigenvalue weighted by Gasteiger charge is 2.04. The SMILES string of the molecule is N#Cc1ccc(C(=O)NCCC(N)=O)cc1. The number of benzene rings is 1. The molecule has 1 rings (SSSR count). The van der Waals surface area contributed by atoms with Crippen molar-refractivity contribution in [3.63, 3.8) is 0 Å². The topological polar surface area (TPSA) is 96.0 Å². The Labute approximate surface area is 92.9 Å². The van der Waals surface area contributed by atoms with Crippen molar-refractivity contribution < 1.29 is 9.59 Å². The molecule has 5 nitrogen and oxygen atoms in total. The Kier molecular flexibility index (Phi) is 4.04. The largest absolute Gasteiger partial charge is 0.370 e. The van der Waals surface area contributed by atoms with Crippen LogP contribution < -0.4 is 11.1 Å². The van der Waals surface area contributed by atoms with Gasteiger partial charge in [0.05, 0.1) is 11.6 Å². The van der Waals surface area contributed by atoms with Crippen molar-refractivity contribution in [2.75, 3.05) is 6.54 Å². The monoisotopic (exact) mass is 217 g/mol. The van der Waals surface area contributed by atoms with E-state index in [1.807, 2.05) is 6.07 Å². The molecule has 1 aromatic rings. The minimum absolute atomic E-state index is 0.113. The quantitative estimate of drug-likeness (QED) is 0.752. The predicted octanol–water partition coefficient (Wildman–Crippen LogP) is 0.163. The van der Waals surface area contributed by atoms with E-state index in [1.165, 1.54) is 0 Å². The number of nitrogens with one attached hydrogen (secondary N) is 1. The smallest absolute Gasteiger partial charge is 0.251 e. The molecule has 0 spiro atoms. The molecule has 0 fully saturated rings. The first-order valence-electron chi connectivity index (χ1n) is 4.70. The third kappa shape index (κ3) is 3.42. The zero-order valence-electron chi connectivity index (χ0n) is 8.56. The van der Waals surface area contributed by atoms with Crippen LogP contribution in [-0.4, -0.2) is 18.4 Å². The van der Waals surface area contributed by atoms with Crippen molar-refractivity contribution in [2.24, 2.45) is 5.73 Å². The summed E-state index contributed by atoms with van der Waals surface area (Å²) in [6.45, 7) is 0.216. The first kappa shape index (κ1) is 11.7. The van der Waals surface area contributed by atoms with E-state index in [1.54, 1.807) is 24.3 Å². The standard InChI is InChI=1S/C11H11N3O2/c12-7-8-1-3-9(4-2-8)11(16)14-6-5-10(13)15/h1-4H,5-6H2,(H2,13,15)(H,14,16). The normalized spacial score (nSPS) is 9.19. The van der Waals surface area contributed by atoms with Gasteiger partial charge in [0, 0.05) is 18.5 Å². The van der Waals surface area contributed by atoms with Gasteiger partial charge >= 0.3 is 0 Å². The van der Waals surface area contributed by atoms with Gasteiger partial charge in [-0.15, -0.1) is 0 Å². The molecule has 0 atom stereocenters.